The van der Waals surface area contributed by atoms with Gasteiger partial charge in [-0.25, -0.2) is 0 Å². The molecule has 0 bridgehead atoms. The van der Waals surface area contributed by atoms with Crippen LogP contribution in [0.5, 0.6) is 0 Å². The Morgan fingerprint density at radius 3 is 2.57 bits per heavy atom. The summed E-state index contributed by atoms with van der Waals surface area (Å²) in [5.41, 5.74) is 5.68. The van der Waals surface area contributed by atoms with Crippen molar-refractivity contribution in [3.8, 4) is 0 Å². The fourth-order valence-electron chi connectivity index (χ4n) is 2.15. The highest BCUT2D eigenvalue weighted by Gasteiger charge is 2.32. The van der Waals surface area contributed by atoms with E-state index in [1.807, 2.05) is 0 Å². The van der Waals surface area contributed by atoms with Crippen molar-refractivity contribution in [1.29, 1.82) is 0 Å². The zero-order chi connectivity index (χ0) is 10.7. The molecule has 1 aliphatic heterocycles. The molecule has 1 fully saturated rings. The molecule has 0 amide bonds. The van der Waals surface area contributed by atoms with Crippen LogP contribution in [0.2, 0.25) is 0 Å². The first-order chi connectivity index (χ1) is 6.56. The molecule has 3 nitrogen and oxygen atoms in total. The molecule has 2 N–H and O–H groups in total. The maximum Gasteiger partial charge on any atom is 0.0850 e. The number of nitrogens with zero attached hydrogens (tertiary/aromatic N) is 1. The largest absolute Gasteiger partial charge is 0.374 e. The number of hydrogen-bond donors (Lipinski definition) is 1. The predicted octanol–water partition coefficient (Wildman–Crippen LogP) is 1.08. The van der Waals surface area contributed by atoms with Crippen molar-refractivity contribution in [1.82, 2.24) is 4.90 Å². The molecule has 0 aliphatic carbocycles. The molecule has 1 aliphatic rings. The monoisotopic (exact) mass is 200 g/mol. The van der Waals surface area contributed by atoms with E-state index >= 15 is 0 Å². The second-order valence-electron chi connectivity index (χ2n) is 4.79. The third-order valence-electron chi connectivity index (χ3n) is 2.99. The molecule has 0 saturated carbocycles. The van der Waals surface area contributed by atoms with Crippen molar-refractivity contribution in [2.24, 2.45) is 11.7 Å². The summed E-state index contributed by atoms with van der Waals surface area (Å²) < 4.78 is 5.70. The summed E-state index contributed by atoms with van der Waals surface area (Å²) in [6, 6.07) is 0.973. The standard InChI is InChI=1S/C11H24N2O/c1-8(2)6-13-9(3)7-14-11(5-12)10(13)4/h8-11H,5-7,12H2,1-4H3. The summed E-state index contributed by atoms with van der Waals surface area (Å²) in [4.78, 5) is 2.52. The molecule has 1 rings (SSSR count). The number of ether oxygens (including phenoxy) is 1. The van der Waals surface area contributed by atoms with Gasteiger partial charge in [0.2, 0.25) is 0 Å². The molecule has 1 saturated heterocycles. The third-order valence-corrected chi connectivity index (χ3v) is 2.99. The lowest BCUT2D eigenvalue weighted by molar-refractivity contribution is -0.0920. The maximum atomic E-state index is 5.70. The van der Waals surface area contributed by atoms with E-state index in [4.69, 9.17) is 10.5 Å². The Morgan fingerprint density at radius 2 is 2.07 bits per heavy atom. The summed E-state index contributed by atoms with van der Waals surface area (Å²) in [5.74, 6) is 0.705. The molecule has 3 heteroatoms. The third kappa shape index (κ3) is 2.69. The van der Waals surface area contributed by atoms with Gasteiger partial charge in [-0.15, -0.1) is 0 Å². The fraction of sp³-hybridized carbons (Fsp3) is 1.00. The average molecular weight is 200 g/mol. The van der Waals surface area contributed by atoms with Gasteiger partial charge in [-0.05, 0) is 19.8 Å². The quantitative estimate of drug-likeness (QED) is 0.741. The predicted molar refractivity (Wildman–Crippen MR) is 59.3 cm³/mol. The molecular weight excluding hydrogens is 176 g/mol. The molecule has 1 heterocycles. The number of rotatable bonds is 3. The van der Waals surface area contributed by atoms with Crippen LogP contribution >= 0.6 is 0 Å². The minimum Gasteiger partial charge on any atom is -0.374 e. The van der Waals surface area contributed by atoms with E-state index in [1.54, 1.807) is 0 Å². The lowest BCUT2D eigenvalue weighted by atomic mass is 10.0. The summed E-state index contributed by atoms with van der Waals surface area (Å²) >= 11 is 0. The van der Waals surface area contributed by atoms with E-state index in [9.17, 15) is 0 Å². The summed E-state index contributed by atoms with van der Waals surface area (Å²) in [5, 5.41) is 0. The maximum absolute atomic E-state index is 5.70. The smallest absolute Gasteiger partial charge is 0.0850 e. The molecule has 3 atom stereocenters. The highest BCUT2D eigenvalue weighted by Crippen LogP contribution is 2.19. The van der Waals surface area contributed by atoms with Gasteiger partial charge >= 0.3 is 0 Å². The highest BCUT2D eigenvalue weighted by atomic mass is 16.5. The van der Waals surface area contributed by atoms with E-state index in [2.05, 4.69) is 32.6 Å². The van der Waals surface area contributed by atoms with Gasteiger partial charge in [0.05, 0.1) is 12.7 Å². The molecule has 0 aromatic carbocycles. The number of hydrogen-bond acceptors (Lipinski definition) is 3. The molecular formula is C11H24N2O. The highest BCUT2D eigenvalue weighted by molar-refractivity contribution is 4.85. The van der Waals surface area contributed by atoms with E-state index < -0.39 is 0 Å². The normalized spacial score (nSPS) is 35.1. The lowest BCUT2D eigenvalue weighted by Gasteiger charge is -2.44. The average Bonchev–Trinajstić information content (AvgIpc) is 2.12. The molecule has 14 heavy (non-hydrogen) atoms. The molecule has 0 radical (unpaired) electrons. The second-order valence-corrected chi connectivity index (χ2v) is 4.79. The minimum absolute atomic E-state index is 0.213. The minimum atomic E-state index is 0.213. The zero-order valence-electron chi connectivity index (χ0n) is 9.86. The zero-order valence-corrected chi connectivity index (χ0v) is 9.86. The van der Waals surface area contributed by atoms with Crippen LogP contribution in [-0.2, 0) is 4.74 Å². The van der Waals surface area contributed by atoms with Gasteiger partial charge in [-0.2, -0.15) is 0 Å². The van der Waals surface area contributed by atoms with Crippen molar-refractivity contribution in [3.63, 3.8) is 0 Å². The Labute approximate surface area is 87.6 Å². The first kappa shape index (κ1) is 12.0. The Bertz CT molecular complexity index is 173. The summed E-state index contributed by atoms with van der Waals surface area (Å²) in [7, 11) is 0. The molecule has 0 spiro atoms. The first-order valence-corrected chi connectivity index (χ1v) is 5.63. The van der Waals surface area contributed by atoms with Crippen LogP contribution in [0.3, 0.4) is 0 Å². The van der Waals surface area contributed by atoms with Crippen molar-refractivity contribution < 1.29 is 4.74 Å². The second kappa shape index (κ2) is 5.10. The van der Waals surface area contributed by atoms with Crippen LogP contribution < -0.4 is 5.73 Å². The number of nitrogens with two attached hydrogens (primary N) is 1. The van der Waals surface area contributed by atoms with Gasteiger partial charge in [0.15, 0.2) is 0 Å². The van der Waals surface area contributed by atoms with E-state index in [1.165, 1.54) is 0 Å². The van der Waals surface area contributed by atoms with Crippen LogP contribution in [-0.4, -0.2) is 42.8 Å². The Balaban J connectivity index is 2.58. The first-order valence-electron chi connectivity index (χ1n) is 5.63. The van der Waals surface area contributed by atoms with Crippen molar-refractivity contribution in [3.05, 3.63) is 0 Å². The van der Waals surface area contributed by atoms with Gasteiger partial charge in [0.25, 0.3) is 0 Å². The van der Waals surface area contributed by atoms with Gasteiger partial charge < -0.3 is 10.5 Å². The van der Waals surface area contributed by atoms with Crippen LogP contribution in [0.15, 0.2) is 0 Å². The van der Waals surface area contributed by atoms with Crippen molar-refractivity contribution in [2.45, 2.75) is 45.9 Å². The van der Waals surface area contributed by atoms with E-state index in [-0.39, 0.29) is 6.10 Å². The van der Waals surface area contributed by atoms with Gasteiger partial charge in [-0.3, -0.25) is 4.90 Å². The van der Waals surface area contributed by atoms with Gasteiger partial charge in [-0.1, -0.05) is 13.8 Å². The topological polar surface area (TPSA) is 38.5 Å². The number of morpholine rings is 1. The molecule has 0 aromatic heterocycles. The van der Waals surface area contributed by atoms with Crippen LogP contribution in [0.4, 0.5) is 0 Å². The summed E-state index contributed by atoms with van der Waals surface area (Å²) in [6.45, 7) is 11.5. The van der Waals surface area contributed by atoms with Crippen LogP contribution in [0.1, 0.15) is 27.7 Å². The molecule has 3 unspecified atom stereocenters. The van der Waals surface area contributed by atoms with Crippen molar-refractivity contribution in [2.75, 3.05) is 19.7 Å². The summed E-state index contributed by atoms with van der Waals surface area (Å²) in [6.07, 6.45) is 0.213. The Hall–Kier alpha value is -0.120. The van der Waals surface area contributed by atoms with E-state index in [0.29, 0.717) is 24.5 Å². The Morgan fingerprint density at radius 1 is 1.43 bits per heavy atom. The van der Waals surface area contributed by atoms with E-state index in [0.717, 1.165) is 13.2 Å². The SMILES string of the molecule is CC(C)CN1C(C)COC(CN)C1C. The lowest BCUT2D eigenvalue weighted by Crippen LogP contribution is -2.57. The van der Waals surface area contributed by atoms with Crippen molar-refractivity contribution >= 4 is 0 Å². The van der Waals surface area contributed by atoms with Crippen LogP contribution in [0, 0.1) is 5.92 Å². The molecule has 84 valence electrons. The van der Waals surface area contributed by atoms with Crippen LogP contribution in [0.25, 0.3) is 0 Å². The Kier molecular flexibility index (Phi) is 4.35. The molecule has 0 aromatic rings. The van der Waals surface area contributed by atoms with Gasteiger partial charge in [0.1, 0.15) is 0 Å². The van der Waals surface area contributed by atoms with Gasteiger partial charge in [0, 0.05) is 25.2 Å². The fourth-order valence-corrected chi connectivity index (χ4v) is 2.15.